The maximum absolute atomic E-state index is 10.5. The number of carboxylic acid groups (broad SMARTS) is 2. The van der Waals surface area contributed by atoms with Gasteiger partial charge in [0.2, 0.25) is 5.95 Å². The molecule has 32 heavy (non-hydrogen) atoms. The first kappa shape index (κ1) is 24.6. The maximum Gasteiger partial charge on any atom is 0.414 e. The van der Waals surface area contributed by atoms with Gasteiger partial charge in [-0.1, -0.05) is 18.2 Å². The molecule has 10 heteroatoms. The van der Waals surface area contributed by atoms with Crippen molar-refractivity contribution >= 4 is 28.9 Å². The summed E-state index contributed by atoms with van der Waals surface area (Å²) in [5, 5.41) is 37.4. The van der Waals surface area contributed by atoms with Crippen LogP contribution in [0.4, 0.5) is 5.95 Å². The topological polar surface area (TPSA) is 154 Å². The average molecular weight is 445 g/mol. The number of ether oxygens (including phenoxy) is 1. The van der Waals surface area contributed by atoms with E-state index in [1.165, 1.54) is 0 Å². The summed E-state index contributed by atoms with van der Waals surface area (Å²) in [4.78, 5) is 22.7. The van der Waals surface area contributed by atoms with E-state index in [0.717, 1.165) is 27.9 Å². The Morgan fingerprint density at radius 1 is 1.09 bits per heavy atom. The van der Waals surface area contributed by atoms with Gasteiger partial charge in [0.15, 0.2) is 0 Å². The molecular formula is C22H27N3O7. The van der Waals surface area contributed by atoms with Gasteiger partial charge in [-0.05, 0) is 49.2 Å². The smallest absolute Gasteiger partial charge is 0.414 e. The van der Waals surface area contributed by atoms with Crippen molar-refractivity contribution in [3.05, 3.63) is 53.6 Å². The molecule has 5 N–H and O–H groups in total. The summed E-state index contributed by atoms with van der Waals surface area (Å²) in [5.41, 5.74) is 4.03. The molecule has 3 aromatic rings. The van der Waals surface area contributed by atoms with Crippen molar-refractivity contribution in [2.75, 3.05) is 25.1 Å². The van der Waals surface area contributed by atoms with E-state index in [9.17, 15) is 5.11 Å². The Labute approximate surface area is 184 Å². The number of nitrogens with zero attached hydrogens (tertiary/aromatic N) is 2. The van der Waals surface area contributed by atoms with Crippen molar-refractivity contribution in [1.29, 1.82) is 0 Å². The molecule has 1 unspecified atom stereocenters. The molecule has 3 rings (SSSR count). The van der Waals surface area contributed by atoms with Crippen LogP contribution in [0.1, 0.15) is 11.1 Å². The standard InChI is InChI=1S/C20H25N3O3.C2H2O4/c1-14-9-15(2)11-17(10-14)26-13-16(25)12-23-19-6-4-3-5-18(19)22-20(23)21-7-8-24;3-1(4)2(5)6/h3-6,9-11,16,24-25H,7-8,12-13H2,1-2H3,(H,21,22);(H,3,4)(H,5,6). The number of aliphatic carboxylic acids is 2. The molecular weight excluding hydrogens is 418 g/mol. The van der Waals surface area contributed by atoms with Crippen LogP contribution in [-0.2, 0) is 16.1 Å². The zero-order valence-electron chi connectivity index (χ0n) is 17.9. The summed E-state index contributed by atoms with van der Waals surface area (Å²) in [6, 6.07) is 13.8. The summed E-state index contributed by atoms with van der Waals surface area (Å²) >= 11 is 0. The predicted molar refractivity (Wildman–Crippen MR) is 118 cm³/mol. The Balaban J connectivity index is 0.000000534. The number of carboxylic acids is 2. The maximum atomic E-state index is 10.5. The van der Waals surface area contributed by atoms with Crippen molar-refractivity contribution < 1.29 is 34.8 Å². The van der Waals surface area contributed by atoms with E-state index in [1.54, 1.807) is 0 Å². The second kappa shape index (κ2) is 11.7. The summed E-state index contributed by atoms with van der Waals surface area (Å²) in [6.07, 6.45) is -0.692. The fourth-order valence-electron chi connectivity index (χ4n) is 3.04. The van der Waals surface area contributed by atoms with Gasteiger partial charge in [0.25, 0.3) is 0 Å². The molecule has 0 aliphatic rings. The second-order valence-corrected chi connectivity index (χ2v) is 7.08. The molecule has 0 fully saturated rings. The molecule has 172 valence electrons. The summed E-state index contributed by atoms with van der Waals surface area (Å²) in [5.74, 6) is -2.26. The van der Waals surface area contributed by atoms with E-state index in [4.69, 9.17) is 29.6 Å². The van der Waals surface area contributed by atoms with Crippen molar-refractivity contribution in [3.8, 4) is 5.75 Å². The largest absolute Gasteiger partial charge is 0.491 e. The first-order valence-corrected chi connectivity index (χ1v) is 9.86. The van der Waals surface area contributed by atoms with Crippen molar-refractivity contribution in [1.82, 2.24) is 9.55 Å². The van der Waals surface area contributed by atoms with Crippen LogP contribution in [0.25, 0.3) is 11.0 Å². The number of aliphatic hydroxyl groups excluding tert-OH is 2. The lowest BCUT2D eigenvalue weighted by molar-refractivity contribution is -0.159. The number of imidazole rings is 1. The lowest BCUT2D eigenvalue weighted by atomic mass is 10.1. The number of rotatable bonds is 8. The normalized spacial score (nSPS) is 11.4. The number of aromatic nitrogens is 2. The van der Waals surface area contributed by atoms with Gasteiger partial charge < -0.3 is 35.0 Å². The van der Waals surface area contributed by atoms with Gasteiger partial charge in [0.1, 0.15) is 18.5 Å². The Hall–Kier alpha value is -3.63. The zero-order valence-corrected chi connectivity index (χ0v) is 17.9. The van der Waals surface area contributed by atoms with Crippen LogP contribution >= 0.6 is 0 Å². The number of hydrogen-bond acceptors (Lipinski definition) is 7. The van der Waals surface area contributed by atoms with Crippen LogP contribution in [-0.4, -0.2) is 67.8 Å². The summed E-state index contributed by atoms with van der Waals surface area (Å²) in [6.45, 7) is 4.99. The van der Waals surface area contributed by atoms with Crippen LogP contribution in [0.3, 0.4) is 0 Å². The zero-order chi connectivity index (χ0) is 23.7. The van der Waals surface area contributed by atoms with Gasteiger partial charge in [-0.3, -0.25) is 0 Å². The molecule has 1 aromatic heterocycles. The van der Waals surface area contributed by atoms with Gasteiger partial charge in [-0.2, -0.15) is 0 Å². The van der Waals surface area contributed by atoms with E-state index < -0.39 is 18.0 Å². The number of carbonyl (C=O) groups is 2. The van der Waals surface area contributed by atoms with E-state index in [0.29, 0.717) is 19.0 Å². The molecule has 0 saturated carbocycles. The third-order valence-electron chi connectivity index (χ3n) is 4.26. The third kappa shape index (κ3) is 7.25. The lowest BCUT2D eigenvalue weighted by Crippen LogP contribution is -2.25. The van der Waals surface area contributed by atoms with Gasteiger partial charge in [0, 0.05) is 6.54 Å². The molecule has 0 spiro atoms. The highest BCUT2D eigenvalue weighted by atomic mass is 16.5. The lowest BCUT2D eigenvalue weighted by Gasteiger charge is -2.16. The van der Waals surface area contributed by atoms with Crippen LogP contribution < -0.4 is 10.1 Å². The summed E-state index contributed by atoms with van der Waals surface area (Å²) < 4.78 is 7.68. The second-order valence-electron chi connectivity index (χ2n) is 7.08. The highest BCUT2D eigenvalue weighted by molar-refractivity contribution is 6.27. The number of aryl methyl sites for hydroxylation is 2. The Morgan fingerprint density at radius 2 is 1.72 bits per heavy atom. The number of aliphatic hydroxyl groups is 2. The first-order chi connectivity index (χ1) is 15.2. The van der Waals surface area contributed by atoms with Gasteiger partial charge in [0.05, 0.1) is 24.2 Å². The van der Waals surface area contributed by atoms with Gasteiger partial charge in [-0.25, -0.2) is 14.6 Å². The Bertz CT molecular complexity index is 1030. The first-order valence-electron chi connectivity index (χ1n) is 9.86. The van der Waals surface area contributed by atoms with Crippen LogP contribution in [0, 0.1) is 13.8 Å². The molecule has 1 heterocycles. The number of hydrogen-bond donors (Lipinski definition) is 5. The highest BCUT2D eigenvalue weighted by Gasteiger charge is 2.14. The molecule has 0 saturated heterocycles. The SMILES string of the molecule is Cc1cc(C)cc(OCC(O)Cn2c(NCCO)nc3ccccc32)c1.O=C(O)C(=O)O. The van der Waals surface area contributed by atoms with Crippen molar-refractivity contribution in [2.45, 2.75) is 26.5 Å². The molecule has 10 nitrogen and oxygen atoms in total. The molecule has 2 aromatic carbocycles. The van der Waals surface area contributed by atoms with Crippen molar-refractivity contribution in [2.24, 2.45) is 0 Å². The fourth-order valence-corrected chi connectivity index (χ4v) is 3.04. The molecule has 0 aliphatic heterocycles. The predicted octanol–water partition coefficient (Wildman–Crippen LogP) is 1.65. The summed E-state index contributed by atoms with van der Waals surface area (Å²) in [7, 11) is 0. The fraction of sp³-hybridized carbons (Fsp3) is 0.318. The average Bonchev–Trinajstić information content (AvgIpc) is 3.08. The van der Waals surface area contributed by atoms with Crippen LogP contribution in [0.15, 0.2) is 42.5 Å². The number of benzene rings is 2. The number of nitrogens with one attached hydrogen (secondary N) is 1. The van der Waals surface area contributed by atoms with Gasteiger partial charge in [-0.15, -0.1) is 0 Å². The Morgan fingerprint density at radius 3 is 2.31 bits per heavy atom. The molecule has 0 radical (unpaired) electrons. The van der Waals surface area contributed by atoms with E-state index >= 15 is 0 Å². The Kier molecular flexibility index (Phi) is 8.99. The van der Waals surface area contributed by atoms with E-state index in [1.807, 2.05) is 54.8 Å². The third-order valence-corrected chi connectivity index (χ3v) is 4.26. The number of fused-ring (bicyclic) bond motifs is 1. The minimum absolute atomic E-state index is 0.0155. The minimum atomic E-state index is -1.82. The molecule has 0 aliphatic carbocycles. The van der Waals surface area contributed by atoms with E-state index in [-0.39, 0.29) is 13.2 Å². The van der Waals surface area contributed by atoms with Crippen LogP contribution in [0.5, 0.6) is 5.75 Å². The highest BCUT2D eigenvalue weighted by Crippen LogP contribution is 2.21. The van der Waals surface area contributed by atoms with Gasteiger partial charge >= 0.3 is 11.9 Å². The molecule has 0 amide bonds. The molecule has 1 atom stereocenters. The quantitative estimate of drug-likeness (QED) is 0.326. The van der Waals surface area contributed by atoms with Crippen LogP contribution in [0.2, 0.25) is 0 Å². The number of anilines is 1. The minimum Gasteiger partial charge on any atom is -0.491 e. The van der Waals surface area contributed by atoms with E-state index in [2.05, 4.69) is 16.4 Å². The van der Waals surface area contributed by atoms with Crippen molar-refractivity contribution in [3.63, 3.8) is 0 Å². The molecule has 0 bridgehead atoms. The monoisotopic (exact) mass is 445 g/mol. The number of para-hydroxylation sites is 2.